The molecular formula is C20H21F3N2O. The molecule has 138 valence electrons. The van der Waals surface area contributed by atoms with Crippen LogP contribution >= 0.6 is 0 Å². The lowest BCUT2D eigenvalue weighted by molar-refractivity contribution is -0.126. The van der Waals surface area contributed by atoms with Crippen molar-refractivity contribution in [2.24, 2.45) is 0 Å². The van der Waals surface area contributed by atoms with Crippen LogP contribution in [-0.4, -0.2) is 42.9 Å². The van der Waals surface area contributed by atoms with Crippen LogP contribution in [0.4, 0.5) is 13.2 Å². The average molecular weight is 362 g/mol. The molecular weight excluding hydrogens is 341 g/mol. The Labute approximate surface area is 151 Å². The highest BCUT2D eigenvalue weighted by molar-refractivity contribution is 5.91. The van der Waals surface area contributed by atoms with E-state index in [0.717, 1.165) is 12.1 Å². The van der Waals surface area contributed by atoms with Crippen molar-refractivity contribution in [2.75, 3.05) is 27.2 Å². The summed E-state index contributed by atoms with van der Waals surface area (Å²) in [5, 5.41) is 0. The van der Waals surface area contributed by atoms with Gasteiger partial charge < -0.3 is 9.80 Å². The van der Waals surface area contributed by atoms with E-state index in [2.05, 4.69) is 0 Å². The van der Waals surface area contributed by atoms with Crippen molar-refractivity contribution in [3.8, 4) is 0 Å². The number of halogens is 3. The normalized spacial score (nSPS) is 11.3. The van der Waals surface area contributed by atoms with Gasteiger partial charge >= 0.3 is 0 Å². The number of hydrogen-bond donors (Lipinski definition) is 0. The third-order valence-corrected chi connectivity index (χ3v) is 3.77. The van der Waals surface area contributed by atoms with Crippen LogP contribution in [0.15, 0.2) is 48.5 Å². The molecule has 0 heterocycles. The van der Waals surface area contributed by atoms with Crippen LogP contribution in [-0.2, 0) is 11.3 Å². The standard InChI is InChI=1S/C20H21F3N2O/c1-24(2)10-11-25(14-16-7-8-18(22)13-19(16)23)20(26)9-6-15-4-3-5-17(21)12-15/h3-9,12-13H,10-11,14H2,1-2H3/b9-6+. The topological polar surface area (TPSA) is 23.6 Å². The van der Waals surface area contributed by atoms with Gasteiger partial charge in [0.15, 0.2) is 0 Å². The summed E-state index contributed by atoms with van der Waals surface area (Å²) in [4.78, 5) is 15.9. The van der Waals surface area contributed by atoms with E-state index in [9.17, 15) is 18.0 Å². The number of amides is 1. The van der Waals surface area contributed by atoms with E-state index in [-0.39, 0.29) is 18.0 Å². The number of hydrogen-bond acceptors (Lipinski definition) is 2. The van der Waals surface area contributed by atoms with E-state index in [1.807, 2.05) is 19.0 Å². The van der Waals surface area contributed by atoms with E-state index in [1.54, 1.807) is 12.1 Å². The van der Waals surface area contributed by atoms with Crippen molar-refractivity contribution in [1.29, 1.82) is 0 Å². The monoisotopic (exact) mass is 362 g/mol. The van der Waals surface area contributed by atoms with E-state index in [1.165, 1.54) is 35.3 Å². The van der Waals surface area contributed by atoms with Gasteiger partial charge in [0, 0.05) is 37.3 Å². The van der Waals surface area contributed by atoms with Gasteiger partial charge in [0.2, 0.25) is 5.91 Å². The maximum Gasteiger partial charge on any atom is 0.246 e. The molecule has 0 atom stereocenters. The summed E-state index contributed by atoms with van der Waals surface area (Å²) >= 11 is 0. The van der Waals surface area contributed by atoms with E-state index in [0.29, 0.717) is 18.7 Å². The average Bonchev–Trinajstić information content (AvgIpc) is 2.58. The number of carbonyl (C=O) groups excluding carboxylic acids is 1. The van der Waals surface area contributed by atoms with Crippen LogP contribution in [0.1, 0.15) is 11.1 Å². The first-order valence-electron chi connectivity index (χ1n) is 8.16. The van der Waals surface area contributed by atoms with Gasteiger partial charge in [-0.1, -0.05) is 18.2 Å². The fraction of sp³-hybridized carbons (Fsp3) is 0.250. The Kier molecular flexibility index (Phi) is 6.97. The fourth-order valence-electron chi connectivity index (χ4n) is 2.33. The number of likely N-dealkylation sites (N-methyl/N-ethyl adjacent to an activating group) is 1. The molecule has 0 fully saturated rings. The molecule has 0 saturated heterocycles. The second kappa shape index (κ2) is 9.20. The zero-order valence-corrected chi connectivity index (χ0v) is 14.8. The number of rotatable bonds is 7. The fourth-order valence-corrected chi connectivity index (χ4v) is 2.33. The highest BCUT2D eigenvalue weighted by atomic mass is 19.1. The molecule has 0 N–H and O–H groups in total. The molecule has 0 unspecified atom stereocenters. The lowest BCUT2D eigenvalue weighted by Crippen LogP contribution is -2.35. The third-order valence-electron chi connectivity index (χ3n) is 3.77. The summed E-state index contributed by atoms with van der Waals surface area (Å²) in [5.41, 5.74) is 0.788. The van der Waals surface area contributed by atoms with Gasteiger partial charge in [-0.3, -0.25) is 4.79 Å². The first-order chi connectivity index (χ1) is 12.3. The highest BCUT2D eigenvalue weighted by Crippen LogP contribution is 2.13. The van der Waals surface area contributed by atoms with Crippen LogP contribution < -0.4 is 0 Å². The van der Waals surface area contributed by atoms with E-state index in [4.69, 9.17) is 0 Å². The molecule has 2 aromatic carbocycles. The van der Waals surface area contributed by atoms with Crippen LogP contribution in [0.25, 0.3) is 6.08 Å². The molecule has 0 bridgehead atoms. The van der Waals surface area contributed by atoms with Crippen molar-refractivity contribution in [2.45, 2.75) is 6.54 Å². The third kappa shape index (κ3) is 6.04. The zero-order valence-electron chi connectivity index (χ0n) is 14.8. The minimum Gasteiger partial charge on any atom is -0.333 e. The van der Waals surface area contributed by atoms with Gasteiger partial charge in [-0.05, 0) is 43.9 Å². The molecule has 0 aliphatic heterocycles. The van der Waals surface area contributed by atoms with Crippen LogP contribution in [0, 0.1) is 17.5 Å². The maximum atomic E-state index is 13.9. The Morgan fingerprint density at radius 1 is 1.00 bits per heavy atom. The van der Waals surface area contributed by atoms with Crippen molar-refractivity contribution in [3.63, 3.8) is 0 Å². The molecule has 1 amide bonds. The number of nitrogens with zero attached hydrogens (tertiary/aromatic N) is 2. The molecule has 26 heavy (non-hydrogen) atoms. The molecule has 0 spiro atoms. The van der Waals surface area contributed by atoms with Crippen LogP contribution in [0.3, 0.4) is 0 Å². The summed E-state index contributed by atoms with van der Waals surface area (Å²) in [6, 6.07) is 9.15. The second-order valence-electron chi connectivity index (χ2n) is 6.19. The largest absolute Gasteiger partial charge is 0.333 e. The molecule has 0 radical (unpaired) electrons. The Hall–Kier alpha value is -2.60. The molecule has 0 aliphatic carbocycles. The van der Waals surface area contributed by atoms with Gasteiger partial charge in [0.25, 0.3) is 0 Å². The molecule has 0 aromatic heterocycles. The maximum absolute atomic E-state index is 13.9. The molecule has 2 rings (SSSR count). The Morgan fingerprint density at radius 2 is 1.73 bits per heavy atom. The molecule has 3 nitrogen and oxygen atoms in total. The molecule has 0 aliphatic rings. The van der Waals surface area contributed by atoms with Gasteiger partial charge in [-0.25, -0.2) is 13.2 Å². The first kappa shape index (κ1) is 19.7. The van der Waals surface area contributed by atoms with Crippen molar-refractivity contribution < 1.29 is 18.0 Å². The van der Waals surface area contributed by atoms with Gasteiger partial charge in [-0.2, -0.15) is 0 Å². The minimum absolute atomic E-state index is 0.0201. The Bertz CT molecular complexity index is 790. The van der Waals surface area contributed by atoms with Crippen LogP contribution in [0.5, 0.6) is 0 Å². The van der Waals surface area contributed by atoms with Gasteiger partial charge in [0.1, 0.15) is 17.5 Å². The second-order valence-corrected chi connectivity index (χ2v) is 6.19. The van der Waals surface area contributed by atoms with Gasteiger partial charge in [-0.15, -0.1) is 0 Å². The highest BCUT2D eigenvalue weighted by Gasteiger charge is 2.14. The van der Waals surface area contributed by atoms with E-state index >= 15 is 0 Å². The predicted molar refractivity (Wildman–Crippen MR) is 95.8 cm³/mol. The molecule has 0 saturated carbocycles. The number of carbonyl (C=O) groups is 1. The Morgan fingerprint density at radius 3 is 2.38 bits per heavy atom. The van der Waals surface area contributed by atoms with Crippen molar-refractivity contribution in [3.05, 3.63) is 77.1 Å². The lowest BCUT2D eigenvalue weighted by Gasteiger charge is -2.23. The van der Waals surface area contributed by atoms with Crippen molar-refractivity contribution in [1.82, 2.24) is 9.80 Å². The molecule has 6 heteroatoms. The lowest BCUT2D eigenvalue weighted by atomic mass is 10.1. The van der Waals surface area contributed by atoms with Crippen molar-refractivity contribution >= 4 is 12.0 Å². The minimum atomic E-state index is -0.693. The number of benzene rings is 2. The molecule has 2 aromatic rings. The smallest absolute Gasteiger partial charge is 0.246 e. The summed E-state index contributed by atoms with van der Waals surface area (Å²) in [7, 11) is 3.73. The summed E-state index contributed by atoms with van der Waals surface area (Å²) in [6.45, 7) is 0.977. The summed E-state index contributed by atoms with van der Waals surface area (Å²) in [6.07, 6.45) is 2.83. The van der Waals surface area contributed by atoms with Crippen LogP contribution in [0.2, 0.25) is 0 Å². The summed E-state index contributed by atoms with van der Waals surface area (Å²) < 4.78 is 40.2. The predicted octanol–water partition coefficient (Wildman–Crippen LogP) is 3.71. The quantitative estimate of drug-likeness (QED) is 0.701. The van der Waals surface area contributed by atoms with Gasteiger partial charge in [0.05, 0.1) is 0 Å². The SMILES string of the molecule is CN(C)CCN(Cc1ccc(F)cc1F)C(=O)/C=C/c1cccc(F)c1. The summed E-state index contributed by atoms with van der Waals surface area (Å²) in [5.74, 6) is -2.08. The van der Waals surface area contributed by atoms with E-state index < -0.39 is 17.5 Å². The zero-order chi connectivity index (χ0) is 19.1. The Balaban J connectivity index is 2.15. The first-order valence-corrected chi connectivity index (χ1v) is 8.16.